The Kier molecular flexibility index (Phi) is 5.33. The van der Waals surface area contributed by atoms with E-state index in [1.54, 1.807) is 14.2 Å². The van der Waals surface area contributed by atoms with Crippen molar-refractivity contribution in [2.75, 3.05) is 31.9 Å². The third-order valence-electron chi connectivity index (χ3n) is 3.39. The molecule has 4 nitrogen and oxygen atoms in total. The zero-order chi connectivity index (χ0) is 14.6. The van der Waals surface area contributed by atoms with Crippen LogP contribution in [0.15, 0.2) is 12.1 Å². The summed E-state index contributed by atoms with van der Waals surface area (Å²) in [6, 6.07) is 4.16. The van der Waals surface area contributed by atoms with Crippen LogP contribution in [0.2, 0.25) is 0 Å². The Morgan fingerprint density at radius 1 is 1.11 bits per heavy atom. The fraction of sp³-hybridized carbons (Fsp3) is 0.600. The zero-order valence-electron chi connectivity index (χ0n) is 12.9. The van der Waals surface area contributed by atoms with Gasteiger partial charge in [0.15, 0.2) is 11.5 Å². The summed E-state index contributed by atoms with van der Waals surface area (Å²) in [5.41, 5.74) is 7.79. The lowest BCUT2D eigenvalue weighted by Gasteiger charge is -2.30. The van der Waals surface area contributed by atoms with Crippen molar-refractivity contribution in [2.24, 2.45) is 5.92 Å². The number of hydrogen-bond acceptors (Lipinski definition) is 4. The molecule has 1 atom stereocenters. The summed E-state index contributed by atoms with van der Waals surface area (Å²) in [6.45, 7) is 6.65. The van der Waals surface area contributed by atoms with Crippen molar-refractivity contribution in [3.63, 3.8) is 0 Å². The van der Waals surface area contributed by atoms with Crippen LogP contribution in [0.4, 0.5) is 11.4 Å². The van der Waals surface area contributed by atoms with Gasteiger partial charge in [-0.05, 0) is 19.3 Å². The van der Waals surface area contributed by atoms with Crippen molar-refractivity contribution in [3.05, 3.63) is 12.1 Å². The van der Waals surface area contributed by atoms with Gasteiger partial charge in [-0.1, -0.05) is 13.8 Å². The number of methoxy groups -OCH3 is 2. The molecule has 0 saturated heterocycles. The number of anilines is 2. The Morgan fingerprint density at radius 2 is 1.63 bits per heavy atom. The number of hydrogen-bond donors (Lipinski definition) is 1. The third kappa shape index (κ3) is 3.69. The summed E-state index contributed by atoms with van der Waals surface area (Å²) in [7, 11) is 5.31. The van der Waals surface area contributed by atoms with Crippen molar-refractivity contribution in [1.29, 1.82) is 0 Å². The van der Waals surface area contributed by atoms with Crippen LogP contribution in [0, 0.1) is 5.92 Å². The van der Waals surface area contributed by atoms with Gasteiger partial charge in [0.1, 0.15) is 0 Å². The van der Waals surface area contributed by atoms with Crippen molar-refractivity contribution in [2.45, 2.75) is 33.2 Å². The fourth-order valence-corrected chi connectivity index (χ4v) is 2.27. The molecule has 0 radical (unpaired) electrons. The summed E-state index contributed by atoms with van der Waals surface area (Å²) in [5.74, 6) is 2.02. The molecule has 0 amide bonds. The highest BCUT2D eigenvalue weighted by atomic mass is 16.5. The maximum Gasteiger partial charge on any atom is 0.162 e. The highest BCUT2D eigenvalue weighted by Gasteiger charge is 2.17. The summed E-state index contributed by atoms with van der Waals surface area (Å²) >= 11 is 0. The van der Waals surface area contributed by atoms with Crippen LogP contribution in [0.25, 0.3) is 0 Å². The van der Waals surface area contributed by atoms with Crippen LogP contribution >= 0.6 is 0 Å². The van der Waals surface area contributed by atoms with E-state index in [1.165, 1.54) is 0 Å². The maximum atomic E-state index is 6.11. The molecule has 0 aliphatic rings. The minimum atomic E-state index is 0.417. The Morgan fingerprint density at radius 3 is 2.11 bits per heavy atom. The molecule has 0 aromatic heterocycles. The summed E-state index contributed by atoms with van der Waals surface area (Å²) < 4.78 is 10.6. The minimum Gasteiger partial charge on any atom is -0.493 e. The number of nitrogen functional groups attached to an aromatic ring is 1. The van der Waals surface area contributed by atoms with Crippen molar-refractivity contribution >= 4 is 11.4 Å². The molecule has 19 heavy (non-hydrogen) atoms. The fourth-order valence-electron chi connectivity index (χ4n) is 2.27. The Hall–Kier alpha value is -1.58. The first-order valence-electron chi connectivity index (χ1n) is 6.65. The zero-order valence-corrected chi connectivity index (χ0v) is 12.9. The predicted molar refractivity (Wildman–Crippen MR) is 81.3 cm³/mol. The average molecular weight is 266 g/mol. The van der Waals surface area contributed by atoms with Crippen molar-refractivity contribution < 1.29 is 9.47 Å². The monoisotopic (exact) mass is 266 g/mol. The van der Waals surface area contributed by atoms with E-state index in [2.05, 4.69) is 32.7 Å². The van der Waals surface area contributed by atoms with Crippen LogP contribution in [0.3, 0.4) is 0 Å². The van der Waals surface area contributed by atoms with Gasteiger partial charge in [-0.3, -0.25) is 0 Å². The summed E-state index contributed by atoms with van der Waals surface area (Å²) in [5, 5.41) is 0. The number of rotatable bonds is 6. The van der Waals surface area contributed by atoms with Gasteiger partial charge in [-0.15, -0.1) is 0 Å². The number of ether oxygens (including phenoxy) is 2. The van der Waals surface area contributed by atoms with E-state index < -0.39 is 0 Å². The number of benzene rings is 1. The van der Waals surface area contributed by atoms with Gasteiger partial charge >= 0.3 is 0 Å². The lowest BCUT2D eigenvalue weighted by Crippen LogP contribution is -2.30. The van der Waals surface area contributed by atoms with E-state index in [0.717, 1.165) is 12.1 Å². The van der Waals surface area contributed by atoms with Crippen molar-refractivity contribution in [3.8, 4) is 11.5 Å². The van der Waals surface area contributed by atoms with E-state index in [9.17, 15) is 0 Å². The molecular formula is C15H26N2O2. The first-order chi connectivity index (χ1) is 8.90. The molecule has 108 valence electrons. The van der Waals surface area contributed by atoms with Gasteiger partial charge in [-0.25, -0.2) is 0 Å². The van der Waals surface area contributed by atoms with Gasteiger partial charge in [0.2, 0.25) is 0 Å². The van der Waals surface area contributed by atoms with E-state index >= 15 is 0 Å². The molecule has 2 N–H and O–H groups in total. The van der Waals surface area contributed by atoms with Gasteiger partial charge in [-0.2, -0.15) is 0 Å². The SMILES string of the molecule is COc1cc(N)c(N(C)C(C)CC(C)C)cc1OC. The Bertz CT molecular complexity index is 419. The normalized spacial score (nSPS) is 12.4. The molecular weight excluding hydrogens is 240 g/mol. The molecule has 0 fully saturated rings. The molecule has 1 unspecified atom stereocenters. The standard InChI is InChI=1S/C15H26N2O2/c1-10(2)7-11(3)17(4)13-9-15(19-6)14(18-5)8-12(13)16/h8-11H,7,16H2,1-6H3. The largest absolute Gasteiger partial charge is 0.493 e. The summed E-state index contributed by atoms with van der Waals surface area (Å²) in [4.78, 5) is 2.19. The Labute approximate surface area is 116 Å². The van der Waals surface area contributed by atoms with E-state index in [4.69, 9.17) is 15.2 Å². The number of nitrogens with zero attached hydrogens (tertiary/aromatic N) is 1. The Balaban J connectivity index is 3.05. The van der Waals surface area contributed by atoms with Gasteiger partial charge in [0, 0.05) is 25.2 Å². The first kappa shape index (κ1) is 15.5. The average Bonchev–Trinajstić information content (AvgIpc) is 2.36. The first-order valence-corrected chi connectivity index (χ1v) is 6.65. The molecule has 0 aliphatic heterocycles. The second-order valence-corrected chi connectivity index (χ2v) is 5.36. The van der Waals surface area contributed by atoms with E-state index in [0.29, 0.717) is 29.1 Å². The second-order valence-electron chi connectivity index (χ2n) is 5.36. The van der Waals surface area contributed by atoms with Crippen LogP contribution in [-0.2, 0) is 0 Å². The highest BCUT2D eigenvalue weighted by molar-refractivity contribution is 5.73. The lowest BCUT2D eigenvalue weighted by molar-refractivity contribution is 0.355. The molecule has 0 spiro atoms. The van der Waals surface area contributed by atoms with Gasteiger partial charge in [0.25, 0.3) is 0 Å². The molecule has 0 saturated carbocycles. The van der Waals surface area contributed by atoms with Crippen LogP contribution < -0.4 is 20.1 Å². The van der Waals surface area contributed by atoms with Crippen molar-refractivity contribution in [1.82, 2.24) is 0 Å². The third-order valence-corrected chi connectivity index (χ3v) is 3.39. The number of nitrogens with two attached hydrogens (primary N) is 1. The molecule has 0 bridgehead atoms. The molecule has 1 rings (SSSR count). The second kappa shape index (κ2) is 6.55. The quantitative estimate of drug-likeness (QED) is 0.803. The summed E-state index contributed by atoms with van der Waals surface area (Å²) in [6.07, 6.45) is 1.12. The van der Waals surface area contributed by atoms with Gasteiger partial charge < -0.3 is 20.1 Å². The molecule has 1 aromatic rings. The highest BCUT2D eigenvalue weighted by Crippen LogP contribution is 2.37. The topological polar surface area (TPSA) is 47.7 Å². The smallest absolute Gasteiger partial charge is 0.162 e. The van der Waals surface area contributed by atoms with Crippen LogP contribution in [-0.4, -0.2) is 27.3 Å². The van der Waals surface area contributed by atoms with Crippen LogP contribution in [0.5, 0.6) is 11.5 Å². The predicted octanol–water partition coefficient (Wildman–Crippen LogP) is 3.16. The van der Waals surface area contributed by atoms with E-state index in [1.807, 2.05) is 12.1 Å². The van der Waals surface area contributed by atoms with Gasteiger partial charge in [0.05, 0.1) is 25.6 Å². The maximum absolute atomic E-state index is 6.11. The molecule has 4 heteroatoms. The molecule has 0 heterocycles. The van der Waals surface area contributed by atoms with E-state index in [-0.39, 0.29) is 0 Å². The van der Waals surface area contributed by atoms with Crippen LogP contribution in [0.1, 0.15) is 27.2 Å². The molecule has 0 aliphatic carbocycles. The minimum absolute atomic E-state index is 0.417. The lowest BCUT2D eigenvalue weighted by atomic mass is 10.0. The molecule has 1 aromatic carbocycles.